The lowest BCUT2D eigenvalue weighted by Crippen LogP contribution is -1.97. The lowest BCUT2D eigenvalue weighted by Gasteiger charge is -2.09. The van der Waals surface area contributed by atoms with E-state index >= 15 is 0 Å². The quantitative estimate of drug-likeness (QED) is 0.623. The van der Waals surface area contributed by atoms with Gasteiger partial charge in [-0.1, -0.05) is 0 Å². The number of methoxy groups -OCH3 is 1. The zero-order valence-electron chi connectivity index (χ0n) is 8.57. The second kappa shape index (κ2) is 4.63. The second-order valence-corrected chi connectivity index (χ2v) is 6.29. The summed E-state index contributed by atoms with van der Waals surface area (Å²) in [5.74, 6) is 0.278. The Kier molecular flexibility index (Phi) is 3.92. The van der Waals surface area contributed by atoms with E-state index in [-0.39, 0.29) is 10.6 Å². The van der Waals surface area contributed by atoms with Crippen molar-refractivity contribution in [2.45, 2.75) is 16.7 Å². The summed E-state index contributed by atoms with van der Waals surface area (Å²) in [6.45, 7) is 1.89. The molecular formula is C9H11ClO3S2. The van der Waals surface area contributed by atoms with Crippen molar-refractivity contribution in [3.63, 3.8) is 0 Å². The summed E-state index contributed by atoms with van der Waals surface area (Å²) in [6.07, 6.45) is 1.87. The first-order valence-corrected chi connectivity index (χ1v) is 7.61. The first-order valence-electron chi connectivity index (χ1n) is 4.07. The molecule has 0 saturated heterocycles. The molecule has 84 valence electrons. The van der Waals surface area contributed by atoms with Crippen LogP contribution in [0.4, 0.5) is 0 Å². The maximum absolute atomic E-state index is 11.3. The summed E-state index contributed by atoms with van der Waals surface area (Å²) < 4.78 is 27.5. The predicted molar refractivity (Wildman–Crippen MR) is 62.6 cm³/mol. The molecule has 0 atom stereocenters. The Morgan fingerprint density at radius 1 is 1.40 bits per heavy atom. The van der Waals surface area contributed by atoms with Gasteiger partial charge in [0.05, 0.1) is 7.11 Å². The van der Waals surface area contributed by atoms with Gasteiger partial charge >= 0.3 is 0 Å². The van der Waals surface area contributed by atoms with Crippen LogP contribution >= 0.6 is 22.4 Å². The zero-order chi connectivity index (χ0) is 11.6. The Hall–Kier alpha value is -0.390. The summed E-state index contributed by atoms with van der Waals surface area (Å²) in [5.41, 5.74) is 0.961. The molecule has 1 aromatic carbocycles. The first-order chi connectivity index (χ1) is 6.90. The highest BCUT2D eigenvalue weighted by molar-refractivity contribution is 8.13. The van der Waals surface area contributed by atoms with Crippen LogP contribution in [0.25, 0.3) is 0 Å². The van der Waals surface area contributed by atoms with E-state index in [2.05, 4.69) is 0 Å². The summed E-state index contributed by atoms with van der Waals surface area (Å²) in [6, 6.07) is 3.20. The molecule has 0 aliphatic carbocycles. The van der Waals surface area contributed by atoms with E-state index < -0.39 is 9.05 Å². The van der Waals surface area contributed by atoms with E-state index in [4.69, 9.17) is 15.4 Å². The molecule has 0 aliphatic rings. The Bertz CT molecular complexity index is 468. The Morgan fingerprint density at radius 2 is 2.00 bits per heavy atom. The maximum atomic E-state index is 11.3. The lowest BCUT2D eigenvalue weighted by molar-refractivity contribution is 0.402. The third-order valence-electron chi connectivity index (χ3n) is 1.94. The minimum absolute atomic E-state index is 0.0154. The highest BCUT2D eigenvalue weighted by Gasteiger charge is 2.18. The standard InChI is InChI=1S/C9H11ClO3S2/c1-6-4-7(13-2)9(15(10,11)12)5-8(6)14-3/h4-5H,1-3H3. The highest BCUT2D eigenvalue weighted by atomic mass is 35.7. The Morgan fingerprint density at radius 3 is 2.40 bits per heavy atom. The van der Waals surface area contributed by atoms with Crippen molar-refractivity contribution >= 4 is 31.5 Å². The van der Waals surface area contributed by atoms with Crippen molar-refractivity contribution in [3.8, 4) is 5.75 Å². The monoisotopic (exact) mass is 266 g/mol. The van der Waals surface area contributed by atoms with E-state index in [0.717, 1.165) is 10.5 Å². The Labute approximate surface area is 98.2 Å². The SMILES string of the molecule is COc1cc(C)c(SC)cc1S(=O)(=O)Cl. The molecule has 3 nitrogen and oxygen atoms in total. The molecule has 0 aliphatic heterocycles. The van der Waals surface area contributed by atoms with Gasteiger partial charge in [-0.15, -0.1) is 11.8 Å². The van der Waals surface area contributed by atoms with Crippen LogP contribution in [0.2, 0.25) is 0 Å². The number of ether oxygens (including phenoxy) is 1. The second-order valence-electron chi connectivity index (χ2n) is 2.91. The largest absolute Gasteiger partial charge is 0.495 e. The van der Waals surface area contributed by atoms with E-state index in [1.807, 2.05) is 13.2 Å². The molecule has 1 rings (SSSR count). The average Bonchev–Trinajstić information content (AvgIpc) is 2.15. The maximum Gasteiger partial charge on any atom is 0.265 e. The van der Waals surface area contributed by atoms with E-state index in [1.165, 1.54) is 24.9 Å². The smallest absolute Gasteiger partial charge is 0.265 e. The molecule has 0 saturated carbocycles. The van der Waals surface area contributed by atoms with E-state index in [9.17, 15) is 8.42 Å². The van der Waals surface area contributed by atoms with Gasteiger partial charge in [-0.3, -0.25) is 0 Å². The van der Waals surface area contributed by atoms with Crippen LogP contribution in [-0.2, 0) is 9.05 Å². The topological polar surface area (TPSA) is 43.4 Å². The first kappa shape index (κ1) is 12.7. The van der Waals surface area contributed by atoms with Crippen molar-refractivity contribution in [1.82, 2.24) is 0 Å². The van der Waals surface area contributed by atoms with Crippen LogP contribution < -0.4 is 4.74 Å². The van der Waals surface area contributed by atoms with Crippen LogP contribution in [0.5, 0.6) is 5.75 Å². The van der Waals surface area contributed by atoms with Crippen LogP contribution in [0.15, 0.2) is 21.9 Å². The van der Waals surface area contributed by atoms with Gasteiger partial charge in [0, 0.05) is 15.6 Å². The lowest BCUT2D eigenvalue weighted by atomic mass is 10.2. The Balaban J connectivity index is 3.49. The van der Waals surface area contributed by atoms with Crippen LogP contribution in [0.1, 0.15) is 5.56 Å². The minimum Gasteiger partial charge on any atom is -0.495 e. The molecule has 0 N–H and O–H groups in total. The van der Waals surface area contributed by atoms with Crippen LogP contribution in [0, 0.1) is 6.92 Å². The summed E-state index contributed by atoms with van der Waals surface area (Å²) >= 11 is 1.47. The molecule has 6 heteroatoms. The van der Waals surface area contributed by atoms with Crippen molar-refractivity contribution < 1.29 is 13.2 Å². The number of hydrogen-bond acceptors (Lipinski definition) is 4. The number of aryl methyl sites for hydroxylation is 1. The van der Waals surface area contributed by atoms with Gasteiger partial charge in [0.15, 0.2) is 0 Å². The van der Waals surface area contributed by atoms with Gasteiger partial charge in [0.2, 0.25) is 0 Å². The fourth-order valence-electron chi connectivity index (χ4n) is 1.21. The number of thioether (sulfide) groups is 1. The fourth-order valence-corrected chi connectivity index (χ4v) is 2.91. The normalized spacial score (nSPS) is 11.5. The van der Waals surface area contributed by atoms with Crippen LogP contribution in [0.3, 0.4) is 0 Å². The van der Waals surface area contributed by atoms with Gasteiger partial charge in [-0.25, -0.2) is 8.42 Å². The van der Waals surface area contributed by atoms with E-state index in [0.29, 0.717) is 0 Å². The van der Waals surface area contributed by atoms with Crippen molar-refractivity contribution in [1.29, 1.82) is 0 Å². The fraction of sp³-hybridized carbons (Fsp3) is 0.333. The van der Waals surface area contributed by atoms with Gasteiger partial charge in [-0.2, -0.15) is 0 Å². The number of halogens is 1. The number of rotatable bonds is 3. The van der Waals surface area contributed by atoms with Crippen LogP contribution in [-0.4, -0.2) is 21.8 Å². The van der Waals surface area contributed by atoms with Crippen molar-refractivity contribution in [2.24, 2.45) is 0 Å². The molecule has 0 amide bonds. The average molecular weight is 267 g/mol. The summed E-state index contributed by atoms with van der Waals surface area (Å²) in [5, 5.41) is 0. The minimum atomic E-state index is -3.76. The molecule has 0 spiro atoms. The predicted octanol–water partition coefficient (Wildman–Crippen LogP) is 2.65. The molecule has 0 unspecified atom stereocenters. The molecule has 1 aromatic rings. The molecule has 15 heavy (non-hydrogen) atoms. The van der Waals surface area contributed by atoms with E-state index in [1.54, 1.807) is 6.07 Å². The van der Waals surface area contributed by atoms with Crippen molar-refractivity contribution in [2.75, 3.05) is 13.4 Å². The third kappa shape index (κ3) is 2.80. The molecule has 0 radical (unpaired) electrons. The molecule has 0 heterocycles. The molecule has 0 aromatic heterocycles. The van der Waals surface area contributed by atoms with Crippen molar-refractivity contribution in [3.05, 3.63) is 17.7 Å². The third-order valence-corrected chi connectivity index (χ3v) is 4.17. The zero-order valence-corrected chi connectivity index (χ0v) is 11.0. The summed E-state index contributed by atoms with van der Waals surface area (Å²) in [7, 11) is 2.96. The van der Waals surface area contributed by atoms with Gasteiger partial charge in [0.1, 0.15) is 10.6 Å². The molecular weight excluding hydrogens is 256 g/mol. The number of benzene rings is 1. The molecule has 0 bridgehead atoms. The van der Waals surface area contributed by atoms with Gasteiger partial charge < -0.3 is 4.74 Å². The summed E-state index contributed by atoms with van der Waals surface area (Å²) in [4.78, 5) is 0.886. The molecule has 0 fully saturated rings. The number of hydrogen-bond donors (Lipinski definition) is 0. The highest BCUT2D eigenvalue weighted by Crippen LogP contribution is 2.33. The van der Waals surface area contributed by atoms with Gasteiger partial charge in [0.25, 0.3) is 9.05 Å². The van der Waals surface area contributed by atoms with Gasteiger partial charge in [-0.05, 0) is 30.9 Å².